The van der Waals surface area contributed by atoms with E-state index in [9.17, 15) is 14.7 Å². The molecule has 0 bridgehead atoms. The maximum Gasteiger partial charge on any atom is 0.341 e. The second-order valence-electron chi connectivity index (χ2n) is 6.48. The average molecular weight is 406 g/mol. The fourth-order valence-corrected chi connectivity index (χ4v) is 3.09. The van der Waals surface area contributed by atoms with Gasteiger partial charge in [-0.25, -0.2) is 9.78 Å². The quantitative estimate of drug-likeness (QED) is 0.490. The van der Waals surface area contributed by atoms with Gasteiger partial charge in [-0.2, -0.15) is 0 Å². The highest BCUT2D eigenvalue weighted by Gasteiger charge is 2.19. The second kappa shape index (κ2) is 7.75. The van der Waals surface area contributed by atoms with Crippen LogP contribution in [0.2, 0.25) is 0 Å². The number of carbonyl (C=O) groups excluding carboxylic acids is 2. The van der Waals surface area contributed by atoms with Crippen LogP contribution in [0.5, 0.6) is 17.2 Å². The first-order valence-corrected chi connectivity index (χ1v) is 9.19. The van der Waals surface area contributed by atoms with Gasteiger partial charge in [0.05, 0.1) is 12.3 Å². The molecular formula is C22H18N2O6. The number of anilines is 1. The Balaban J connectivity index is 1.68. The van der Waals surface area contributed by atoms with Gasteiger partial charge in [-0.15, -0.1) is 0 Å². The molecule has 8 nitrogen and oxygen atoms in total. The number of nitrogens with zero attached hydrogens (tertiary/aromatic N) is 1. The SMILES string of the molecule is CCOC(=O)c1ccc(-c2cc(C(=O)c3ccc4c(c3)OCO4)ccc2O)nc1N. The van der Waals surface area contributed by atoms with E-state index >= 15 is 0 Å². The van der Waals surface area contributed by atoms with Crippen LogP contribution in [0, 0.1) is 0 Å². The summed E-state index contributed by atoms with van der Waals surface area (Å²) in [6, 6.07) is 12.4. The molecule has 0 radical (unpaired) electrons. The molecule has 2 heterocycles. The van der Waals surface area contributed by atoms with Crippen molar-refractivity contribution in [2.75, 3.05) is 19.1 Å². The number of ether oxygens (including phenoxy) is 3. The topological polar surface area (TPSA) is 121 Å². The van der Waals surface area contributed by atoms with Crippen LogP contribution in [0.3, 0.4) is 0 Å². The molecule has 0 amide bonds. The Labute approximate surface area is 171 Å². The summed E-state index contributed by atoms with van der Waals surface area (Å²) in [4.78, 5) is 29.0. The number of nitrogen functional groups attached to an aromatic ring is 1. The zero-order valence-electron chi connectivity index (χ0n) is 16.0. The third-order valence-electron chi connectivity index (χ3n) is 4.59. The smallest absolute Gasteiger partial charge is 0.341 e. The third-order valence-corrected chi connectivity index (χ3v) is 4.59. The molecule has 30 heavy (non-hydrogen) atoms. The van der Waals surface area contributed by atoms with Crippen LogP contribution in [0.1, 0.15) is 33.2 Å². The minimum Gasteiger partial charge on any atom is -0.507 e. The number of fused-ring (bicyclic) bond motifs is 1. The molecule has 0 unspecified atom stereocenters. The molecule has 0 aliphatic carbocycles. The highest BCUT2D eigenvalue weighted by atomic mass is 16.7. The Hall–Kier alpha value is -4.07. The molecule has 3 aromatic rings. The molecule has 1 aliphatic heterocycles. The molecule has 1 aliphatic rings. The summed E-state index contributed by atoms with van der Waals surface area (Å²) in [5.74, 6) is 0.143. The van der Waals surface area contributed by atoms with Gasteiger partial charge in [-0.05, 0) is 55.5 Å². The zero-order valence-corrected chi connectivity index (χ0v) is 16.0. The maximum absolute atomic E-state index is 12.9. The van der Waals surface area contributed by atoms with Crippen molar-refractivity contribution in [1.29, 1.82) is 0 Å². The number of aromatic nitrogens is 1. The van der Waals surface area contributed by atoms with Gasteiger partial charge >= 0.3 is 5.97 Å². The summed E-state index contributed by atoms with van der Waals surface area (Å²) < 4.78 is 15.5. The number of phenols is 1. The van der Waals surface area contributed by atoms with Gasteiger partial charge in [0, 0.05) is 16.7 Å². The number of esters is 1. The number of carbonyl (C=O) groups is 2. The van der Waals surface area contributed by atoms with Crippen molar-refractivity contribution in [1.82, 2.24) is 4.98 Å². The van der Waals surface area contributed by atoms with Crippen molar-refractivity contribution in [3.63, 3.8) is 0 Å². The van der Waals surface area contributed by atoms with E-state index in [0.717, 1.165) is 0 Å². The number of hydrogen-bond acceptors (Lipinski definition) is 8. The van der Waals surface area contributed by atoms with E-state index in [1.165, 1.54) is 30.3 Å². The molecule has 4 rings (SSSR count). The number of hydrogen-bond donors (Lipinski definition) is 2. The van der Waals surface area contributed by atoms with E-state index in [0.29, 0.717) is 33.9 Å². The molecule has 0 saturated carbocycles. The Bertz CT molecular complexity index is 1160. The number of aromatic hydroxyl groups is 1. The standard InChI is InChI=1S/C22H18N2O6/c1-2-28-22(27)14-5-6-16(24-21(14)23)15-9-12(3-7-17(15)25)20(26)13-4-8-18-19(10-13)30-11-29-18/h3-10,25H,2,11H2,1H3,(H2,23,24). The van der Waals surface area contributed by atoms with Crippen LogP contribution in [0.4, 0.5) is 5.82 Å². The summed E-state index contributed by atoms with van der Waals surface area (Å²) in [5.41, 5.74) is 7.42. The molecule has 0 saturated heterocycles. The number of rotatable bonds is 5. The molecular weight excluding hydrogens is 388 g/mol. The number of benzene rings is 2. The van der Waals surface area contributed by atoms with Crippen LogP contribution in [-0.4, -0.2) is 35.2 Å². The summed E-state index contributed by atoms with van der Waals surface area (Å²) in [5, 5.41) is 10.3. The van der Waals surface area contributed by atoms with Crippen LogP contribution >= 0.6 is 0 Å². The average Bonchev–Trinajstić information content (AvgIpc) is 3.21. The van der Waals surface area contributed by atoms with Gasteiger partial charge in [0.1, 0.15) is 17.1 Å². The van der Waals surface area contributed by atoms with Crippen LogP contribution < -0.4 is 15.2 Å². The van der Waals surface area contributed by atoms with Crippen LogP contribution in [0.15, 0.2) is 48.5 Å². The summed E-state index contributed by atoms with van der Waals surface area (Å²) in [6.45, 7) is 2.02. The Morgan fingerprint density at radius 3 is 2.57 bits per heavy atom. The van der Waals surface area contributed by atoms with E-state index in [1.54, 1.807) is 25.1 Å². The van der Waals surface area contributed by atoms with Gasteiger partial charge in [-0.3, -0.25) is 4.79 Å². The predicted molar refractivity (Wildman–Crippen MR) is 108 cm³/mol. The molecule has 1 aromatic heterocycles. The fourth-order valence-electron chi connectivity index (χ4n) is 3.09. The highest BCUT2D eigenvalue weighted by molar-refractivity contribution is 6.10. The van der Waals surface area contributed by atoms with Gasteiger partial charge in [-0.1, -0.05) is 0 Å². The first kappa shape index (κ1) is 19.3. The monoisotopic (exact) mass is 406 g/mol. The van der Waals surface area contributed by atoms with E-state index < -0.39 is 5.97 Å². The molecule has 0 atom stereocenters. The lowest BCUT2D eigenvalue weighted by molar-refractivity contribution is 0.0527. The fraction of sp³-hybridized carbons (Fsp3) is 0.136. The van der Waals surface area contributed by atoms with Gasteiger partial charge < -0.3 is 25.1 Å². The van der Waals surface area contributed by atoms with Crippen molar-refractivity contribution >= 4 is 17.6 Å². The minimum atomic E-state index is -0.579. The first-order valence-electron chi connectivity index (χ1n) is 9.19. The molecule has 0 fully saturated rings. The van der Waals surface area contributed by atoms with Crippen molar-refractivity contribution in [3.05, 3.63) is 65.2 Å². The van der Waals surface area contributed by atoms with Gasteiger partial charge in [0.2, 0.25) is 6.79 Å². The van der Waals surface area contributed by atoms with Crippen molar-refractivity contribution in [2.24, 2.45) is 0 Å². The molecule has 152 valence electrons. The highest BCUT2D eigenvalue weighted by Crippen LogP contribution is 2.34. The summed E-state index contributed by atoms with van der Waals surface area (Å²) in [6.07, 6.45) is 0. The number of pyridine rings is 1. The van der Waals surface area contributed by atoms with Crippen molar-refractivity contribution in [2.45, 2.75) is 6.92 Å². The Morgan fingerprint density at radius 1 is 1.07 bits per heavy atom. The van der Waals surface area contributed by atoms with E-state index in [4.69, 9.17) is 19.9 Å². The Kier molecular flexibility index (Phi) is 4.97. The normalized spacial score (nSPS) is 11.9. The number of phenolic OH excluding ortho intramolecular Hbond substituents is 1. The van der Waals surface area contributed by atoms with E-state index in [-0.39, 0.29) is 36.3 Å². The lowest BCUT2D eigenvalue weighted by Gasteiger charge is -2.10. The molecule has 3 N–H and O–H groups in total. The lowest BCUT2D eigenvalue weighted by Crippen LogP contribution is -2.09. The Morgan fingerprint density at radius 2 is 1.80 bits per heavy atom. The first-order chi connectivity index (χ1) is 14.5. The summed E-state index contributed by atoms with van der Waals surface area (Å²) in [7, 11) is 0. The van der Waals surface area contributed by atoms with Crippen LogP contribution in [0.25, 0.3) is 11.3 Å². The largest absolute Gasteiger partial charge is 0.507 e. The number of nitrogens with two attached hydrogens (primary N) is 1. The minimum absolute atomic E-state index is 0.0298. The van der Waals surface area contributed by atoms with Crippen molar-refractivity contribution in [3.8, 4) is 28.5 Å². The third kappa shape index (κ3) is 3.50. The van der Waals surface area contributed by atoms with Gasteiger partial charge in [0.15, 0.2) is 17.3 Å². The van der Waals surface area contributed by atoms with Crippen LogP contribution in [-0.2, 0) is 4.74 Å². The number of ketones is 1. The lowest BCUT2D eigenvalue weighted by atomic mass is 9.99. The molecule has 2 aromatic carbocycles. The zero-order chi connectivity index (χ0) is 21.3. The van der Waals surface area contributed by atoms with Crippen molar-refractivity contribution < 1.29 is 28.9 Å². The second-order valence-corrected chi connectivity index (χ2v) is 6.48. The van der Waals surface area contributed by atoms with E-state index in [2.05, 4.69) is 4.98 Å². The summed E-state index contributed by atoms with van der Waals surface area (Å²) >= 11 is 0. The van der Waals surface area contributed by atoms with E-state index in [1.807, 2.05) is 0 Å². The molecule has 8 heteroatoms. The van der Waals surface area contributed by atoms with Gasteiger partial charge in [0.25, 0.3) is 0 Å². The predicted octanol–water partition coefficient (Wildman–Crippen LogP) is 3.17. The molecule has 0 spiro atoms. The maximum atomic E-state index is 12.9.